The summed E-state index contributed by atoms with van der Waals surface area (Å²) in [5.74, 6) is 0.327. The van der Waals surface area contributed by atoms with Crippen LogP contribution >= 0.6 is 11.6 Å². The summed E-state index contributed by atoms with van der Waals surface area (Å²) in [6, 6.07) is 4.36. The molecule has 1 aliphatic rings. The molecule has 1 fully saturated rings. The molecule has 1 unspecified atom stereocenters. The van der Waals surface area contributed by atoms with Gasteiger partial charge in [0.25, 0.3) is 0 Å². The molecule has 0 saturated heterocycles. The Balaban J connectivity index is 1.90. The van der Waals surface area contributed by atoms with Crippen molar-refractivity contribution in [1.29, 1.82) is 0 Å². The molecule has 0 heterocycles. The van der Waals surface area contributed by atoms with Gasteiger partial charge in [0.15, 0.2) is 0 Å². The third-order valence-corrected chi connectivity index (χ3v) is 3.90. The van der Waals surface area contributed by atoms with Gasteiger partial charge in [0.1, 0.15) is 5.82 Å². The first-order valence-electron chi connectivity index (χ1n) is 6.27. The summed E-state index contributed by atoms with van der Waals surface area (Å²) in [6.45, 7) is 0. The molecular formula is C14H18ClFO. The second kappa shape index (κ2) is 5.83. The summed E-state index contributed by atoms with van der Waals surface area (Å²) >= 11 is 5.94. The van der Waals surface area contributed by atoms with Crippen molar-refractivity contribution in [2.24, 2.45) is 5.92 Å². The van der Waals surface area contributed by atoms with Gasteiger partial charge >= 0.3 is 0 Å². The molecule has 0 aliphatic heterocycles. The summed E-state index contributed by atoms with van der Waals surface area (Å²) < 4.78 is 12.9. The normalized spacial score (nSPS) is 18.5. The predicted octanol–water partition coefficient (Wildman–Crippen LogP) is 3.96. The Bertz CT molecular complexity index is 374. The van der Waals surface area contributed by atoms with E-state index in [1.165, 1.54) is 37.8 Å². The van der Waals surface area contributed by atoms with Gasteiger partial charge in [-0.05, 0) is 36.5 Å². The molecule has 17 heavy (non-hydrogen) atoms. The highest BCUT2D eigenvalue weighted by Gasteiger charge is 2.19. The summed E-state index contributed by atoms with van der Waals surface area (Å²) in [7, 11) is 0. The molecule has 0 spiro atoms. The summed E-state index contributed by atoms with van der Waals surface area (Å²) in [5.41, 5.74) is 0.832. The van der Waals surface area contributed by atoms with Crippen LogP contribution in [0.1, 0.15) is 37.7 Å². The second-order valence-corrected chi connectivity index (χ2v) is 5.39. The monoisotopic (exact) mass is 256 g/mol. The van der Waals surface area contributed by atoms with Crippen molar-refractivity contribution < 1.29 is 9.50 Å². The molecule has 1 aromatic carbocycles. The molecule has 1 saturated carbocycles. The van der Waals surface area contributed by atoms with Gasteiger partial charge in [-0.25, -0.2) is 4.39 Å². The van der Waals surface area contributed by atoms with Crippen LogP contribution in [0.2, 0.25) is 5.02 Å². The maximum absolute atomic E-state index is 12.9. The van der Waals surface area contributed by atoms with Gasteiger partial charge in [-0.15, -0.1) is 0 Å². The van der Waals surface area contributed by atoms with E-state index in [0.717, 1.165) is 12.0 Å². The Kier molecular flexibility index (Phi) is 4.41. The highest BCUT2D eigenvalue weighted by molar-refractivity contribution is 6.31. The summed E-state index contributed by atoms with van der Waals surface area (Å²) in [6.07, 6.45) is 6.04. The zero-order chi connectivity index (χ0) is 12.3. The molecule has 1 nitrogen and oxygen atoms in total. The number of aliphatic hydroxyl groups is 1. The van der Waals surface area contributed by atoms with Gasteiger partial charge in [0.05, 0.1) is 6.10 Å². The van der Waals surface area contributed by atoms with E-state index < -0.39 is 0 Å². The molecule has 0 amide bonds. The highest BCUT2D eigenvalue weighted by atomic mass is 35.5. The average Bonchev–Trinajstić information content (AvgIpc) is 2.75. The first kappa shape index (κ1) is 12.8. The fraction of sp³-hybridized carbons (Fsp3) is 0.571. The van der Waals surface area contributed by atoms with Gasteiger partial charge < -0.3 is 5.11 Å². The zero-order valence-corrected chi connectivity index (χ0v) is 10.6. The van der Waals surface area contributed by atoms with Crippen molar-refractivity contribution in [3.8, 4) is 0 Å². The summed E-state index contributed by atoms with van der Waals surface area (Å²) in [4.78, 5) is 0. The third kappa shape index (κ3) is 3.68. The SMILES string of the molecule is OC(Cc1ccc(F)cc1Cl)CC1CCCC1. The second-order valence-electron chi connectivity index (χ2n) is 4.98. The third-order valence-electron chi connectivity index (χ3n) is 3.55. The number of rotatable bonds is 4. The topological polar surface area (TPSA) is 20.2 Å². The molecule has 1 N–H and O–H groups in total. The van der Waals surface area contributed by atoms with E-state index in [0.29, 0.717) is 17.4 Å². The van der Waals surface area contributed by atoms with E-state index in [-0.39, 0.29) is 11.9 Å². The van der Waals surface area contributed by atoms with Crippen LogP contribution in [-0.2, 0) is 6.42 Å². The minimum absolute atomic E-state index is 0.330. The van der Waals surface area contributed by atoms with Crippen LogP contribution in [0, 0.1) is 11.7 Å². The largest absolute Gasteiger partial charge is 0.393 e. The lowest BCUT2D eigenvalue weighted by atomic mass is 9.96. The Morgan fingerprint density at radius 3 is 2.71 bits per heavy atom. The molecule has 0 bridgehead atoms. The van der Waals surface area contributed by atoms with Gasteiger partial charge in [0, 0.05) is 5.02 Å². The number of aliphatic hydroxyl groups excluding tert-OH is 1. The van der Waals surface area contributed by atoms with E-state index in [9.17, 15) is 9.50 Å². The van der Waals surface area contributed by atoms with E-state index in [4.69, 9.17) is 11.6 Å². The molecule has 1 aliphatic carbocycles. The lowest BCUT2D eigenvalue weighted by Gasteiger charge is -2.16. The van der Waals surface area contributed by atoms with Crippen LogP contribution in [-0.4, -0.2) is 11.2 Å². The molecule has 1 atom stereocenters. The molecule has 94 valence electrons. The van der Waals surface area contributed by atoms with Crippen molar-refractivity contribution in [2.45, 2.75) is 44.6 Å². The maximum Gasteiger partial charge on any atom is 0.124 e. The molecule has 3 heteroatoms. The van der Waals surface area contributed by atoms with Crippen LogP contribution < -0.4 is 0 Å². The Hall–Kier alpha value is -0.600. The highest BCUT2D eigenvalue weighted by Crippen LogP contribution is 2.30. The van der Waals surface area contributed by atoms with Crippen molar-refractivity contribution in [1.82, 2.24) is 0 Å². The van der Waals surface area contributed by atoms with Crippen molar-refractivity contribution in [3.05, 3.63) is 34.6 Å². The molecule has 0 radical (unpaired) electrons. The molecule has 1 aromatic rings. The standard InChI is InChI=1S/C14H18ClFO/c15-14-9-12(16)6-5-11(14)8-13(17)7-10-3-1-2-4-10/h5-6,9-10,13,17H,1-4,7-8H2. The van der Waals surface area contributed by atoms with Crippen LogP contribution in [0.15, 0.2) is 18.2 Å². The van der Waals surface area contributed by atoms with Crippen molar-refractivity contribution in [3.63, 3.8) is 0 Å². The number of hydrogen-bond donors (Lipinski definition) is 1. The lowest BCUT2D eigenvalue weighted by Crippen LogP contribution is -2.15. The fourth-order valence-electron chi connectivity index (χ4n) is 2.66. The quantitative estimate of drug-likeness (QED) is 0.865. The zero-order valence-electron chi connectivity index (χ0n) is 9.83. The van der Waals surface area contributed by atoms with Crippen molar-refractivity contribution >= 4 is 11.6 Å². The Labute approximate surface area is 107 Å². The number of benzene rings is 1. The first-order valence-corrected chi connectivity index (χ1v) is 6.65. The van der Waals surface area contributed by atoms with Crippen LogP contribution in [0.3, 0.4) is 0 Å². The van der Waals surface area contributed by atoms with Gasteiger partial charge in [0.2, 0.25) is 0 Å². The number of hydrogen-bond acceptors (Lipinski definition) is 1. The lowest BCUT2D eigenvalue weighted by molar-refractivity contribution is 0.143. The molecular weight excluding hydrogens is 239 g/mol. The van der Waals surface area contributed by atoms with E-state index in [1.807, 2.05) is 0 Å². The van der Waals surface area contributed by atoms with E-state index in [1.54, 1.807) is 6.07 Å². The molecule has 2 rings (SSSR count). The van der Waals surface area contributed by atoms with Crippen LogP contribution in [0.25, 0.3) is 0 Å². The Morgan fingerprint density at radius 1 is 1.35 bits per heavy atom. The van der Waals surface area contributed by atoms with Gasteiger partial charge in [-0.1, -0.05) is 43.4 Å². The van der Waals surface area contributed by atoms with Gasteiger partial charge in [-0.3, -0.25) is 0 Å². The van der Waals surface area contributed by atoms with Gasteiger partial charge in [-0.2, -0.15) is 0 Å². The summed E-state index contributed by atoms with van der Waals surface area (Å²) in [5, 5.41) is 10.4. The fourth-order valence-corrected chi connectivity index (χ4v) is 2.90. The van der Waals surface area contributed by atoms with Crippen LogP contribution in [0.5, 0.6) is 0 Å². The maximum atomic E-state index is 12.9. The minimum Gasteiger partial charge on any atom is -0.393 e. The van der Waals surface area contributed by atoms with E-state index in [2.05, 4.69) is 0 Å². The molecule has 0 aromatic heterocycles. The average molecular weight is 257 g/mol. The van der Waals surface area contributed by atoms with Crippen molar-refractivity contribution in [2.75, 3.05) is 0 Å². The predicted molar refractivity (Wildman–Crippen MR) is 67.7 cm³/mol. The van der Waals surface area contributed by atoms with E-state index >= 15 is 0 Å². The Morgan fingerprint density at radius 2 is 2.06 bits per heavy atom. The van der Waals surface area contributed by atoms with Crippen LogP contribution in [0.4, 0.5) is 4.39 Å². The first-order chi connectivity index (χ1) is 8.15. The minimum atomic E-state index is -0.360. The number of halogens is 2. The smallest absolute Gasteiger partial charge is 0.124 e.